The van der Waals surface area contributed by atoms with Gasteiger partial charge in [-0.15, -0.1) is 11.3 Å². The van der Waals surface area contributed by atoms with Crippen molar-refractivity contribution in [2.75, 3.05) is 5.32 Å². The summed E-state index contributed by atoms with van der Waals surface area (Å²) in [5, 5.41) is 14.2. The highest BCUT2D eigenvalue weighted by molar-refractivity contribution is 7.16. The van der Waals surface area contributed by atoms with Crippen molar-refractivity contribution in [3.05, 3.63) is 57.1 Å². The molecule has 26 heavy (non-hydrogen) atoms. The monoisotopic (exact) mass is 361 g/mol. The maximum atomic E-state index is 12.9. The minimum atomic E-state index is -0.200. The van der Waals surface area contributed by atoms with Crippen molar-refractivity contribution >= 4 is 33.1 Å². The summed E-state index contributed by atoms with van der Waals surface area (Å²) < 4.78 is 0. The van der Waals surface area contributed by atoms with Crippen molar-refractivity contribution in [1.82, 2.24) is 4.98 Å². The summed E-state index contributed by atoms with van der Waals surface area (Å²) >= 11 is 1.55. The number of carbonyl (C=O) groups excluding carboxylic acids is 1. The van der Waals surface area contributed by atoms with Crippen LogP contribution < -0.4 is 5.32 Å². The van der Waals surface area contributed by atoms with E-state index in [1.165, 1.54) is 4.88 Å². The molecule has 2 aromatic heterocycles. The smallest absolute Gasteiger partial charge is 0.258 e. The summed E-state index contributed by atoms with van der Waals surface area (Å²) in [5.41, 5.74) is 5.03. The summed E-state index contributed by atoms with van der Waals surface area (Å²) in [5.74, 6) is -0.200. The number of anilines is 1. The highest BCUT2D eigenvalue weighted by Gasteiger charge is 2.22. The summed E-state index contributed by atoms with van der Waals surface area (Å²) in [7, 11) is 0. The van der Waals surface area contributed by atoms with Crippen LogP contribution in [0.1, 0.15) is 50.5 Å². The van der Waals surface area contributed by atoms with Gasteiger partial charge in [0, 0.05) is 10.3 Å². The number of benzene rings is 1. The Balaban J connectivity index is 1.71. The topological polar surface area (TPSA) is 65.8 Å². The van der Waals surface area contributed by atoms with Gasteiger partial charge in [0.1, 0.15) is 11.1 Å². The molecule has 0 fully saturated rings. The maximum Gasteiger partial charge on any atom is 0.258 e. The number of pyridine rings is 1. The third-order valence-corrected chi connectivity index (χ3v) is 6.12. The van der Waals surface area contributed by atoms with Crippen molar-refractivity contribution in [3.63, 3.8) is 0 Å². The van der Waals surface area contributed by atoms with Gasteiger partial charge >= 0.3 is 0 Å². The average Bonchev–Trinajstić information content (AvgIpc) is 2.98. The molecule has 0 spiro atoms. The summed E-state index contributed by atoms with van der Waals surface area (Å²) in [6, 6.07) is 10.2. The number of nitrogens with one attached hydrogen (secondary N) is 1. The second kappa shape index (κ2) is 6.54. The van der Waals surface area contributed by atoms with Gasteiger partial charge in [-0.1, -0.05) is 11.6 Å². The summed E-state index contributed by atoms with van der Waals surface area (Å²) in [4.78, 5) is 18.7. The van der Waals surface area contributed by atoms with Crippen LogP contribution in [0.2, 0.25) is 0 Å². The van der Waals surface area contributed by atoms with Crippen molar-refractivity contribution in [2.24, 2.45) is 0 Å². The van der Waals surface area contributed by atoms with Crippen molar-refractivity contribution in [2.45, 2.75) is 39.5 Å². The van der Waals surface area contributed by atoms with Crippen LogP contribution in [-0.4, -0.2) is 10.9 Å². The first-order valence-electron chi connectivity index (χ1n) is 8.81. The first kappa shape index (κ1) is 16.7. The number of aromatic nitrogens is 1. The van der Waals surface area contributed by atoms with Gasteiger partial charge in [0.15, 0.2) is 0 Å². The van der Waals surface area contributed by atoms with E-state index in [4.69, 9.17) is 0 Å². The molecule has 0 saturated heterocycles. The molecule has 1 amide bonds. The Labute approximate surface area is 156 Å². The van der Waals surface area contributed by atoms with E-state index in [1.807, 2.05) is 38.1 Å². The molecule has 0 bridgehead atoms. The van der Waals surface area contributed by atoms with Gasteiger partial charge in [-0.05, 0) is 63.3 Å². The number of hydrogen-bond donors (Lipinski definition) is 1. The number of fused-ring (bicyclic) bond motifs is 2. The van der Waals surface area contributed by atoms with Crippen LogP contribution in [-0.2, 0) is 12.8 Å². The van der Waals surface area contributed by atoms with Crippen LogP contribution in [0.5, 0.6) is 0 Å². The predicted octanol–water partition coefficient (Wildman–Crippen LogP) is 4.92. The Morgan fingerprint density at radius 1 is 1.23 bits per heavy atom. The number of aryl methyl sites for hydroxylation is 3. The van der Waals surface area contributed by atoms with Crippen molar-refractivity contribution < 1.29 is 4.79 Å². The van der Waals surface area contributed by atoms with Crippen molar-refractivity contribution in [3.8, 4) is 6.07 Å². The fourth-order valence-electron chi connectivity index (χ4n) is 3.56. The quantitative estimate of drug-likeness (QED) is 0.705. The van der Waals surface area contributed by atoms with Gasteiger partial charge in [0.2, 0.25) is 0 Å². The zero-order chi connectivity index (χ0) is 18.3. The Bertz CT molecular complexity index is 1080. The molecule has 130 valence electrons. The van der Waals surface area contributed by atoms with Gasteiger partial charge < -0.3 is 5.32 Å². The Morgan fingerprint density at radius 2 is 2.04 bits per heavy atom. The van der Waals surface area contributed by atoms with E-state index in [2.05, 4.69) is 16.4 Å². The van der Waals surface area contributed by atoms with Gasteiger partial charge in [-0.25, -0.2) is 0 Å². The van der Waals surface area contributed by atoms with Crippen LogP contribution in [0.4, 0.5) is 5.00 Å². The van der Waals surface area contributed by atoms with Crippen LogP contribution in [0.3, 0.4) is 0 Å². The molecular formula is C21H19N3OS. The second-order valence-electron chi connectivity index (χ2n) is 6.80. The molecule has 2 heterocycles. The third-order valence-electron chi connectivity index (χ3n) is 4.92. The number of nitrogens with zero attached hydrogens (tertiary/aromatic N) is 2. The van der Waals surface area contributed by atoms with E-state index < -0.39 is 0 Å². The molecule has 4 nitrogen and oxygen atoms in total. The molecule has 0 unspecified atom stereocenters. The lowest BCUT2D eigenvalue weighted by atomic mass is 9.96. The number of thiophene rings is 1. The molecule has 0 atom stereocenters. The minimum Gasteiger partial charge on any atom is -0.312 e. The van der Waals surface area contributed by atoms with E-state index in [9.17, 15) is 10.1 Å². The van der Waals surface area contributed by atoms with Crippen LogP contribution >= 0.6 is 11.3 Å². The number of hydrogen-bond acceptors (Lipinski definition) is 4. The second-order valence-corrected chi connectivity index (χ2v) is 7.90. The van der Waals surface area contributed by atoms with E-state index in [0.717, 1.165) is 47.7 Å². The predicted molar refractivity (Wildman–Crippen MR) is 105 cm³/mol. The molecule has 3 aromatic rings. The molecule has 1 N–H and O–H groups in total. The molecule has 0 saturated carbocycles. The van der Waals surface area contributed by atoms with Crippen LogP contribution in [0.15, 0.2) is 24.3 Å². The zero-order valence-electron chi connectivity index (χ0n) is 14.8. The third kappa shape index (κ3) is 2.87. The van der Waals surface area contributed by atoms with Crippen LogP contribution in [0.25, 0.3) is 10.9 Å². The Hall–Kier alpha value is -2.71. The minimum absolute atomic E-state index is 0.200. The summed E-state index contributed by atoms with van der Waals surface area (Å²) in [6.07, 6.45) is 4.19. The van der Waals surface area contributed by atoms with Gasteiger partial charge in [0.25, 0.3) is 5.91 Å². The average molecular weight is 361 g/mol. The number of carbonyl (C=O) groups is 1. The largest absolute Gasteiger partial charge is 0.312 e. The lowest BCUT2D eigenvalue weighted by molar-refractivity contribution is 0.102. The SMILES string of the molecule is Cc1ccc2nc(C)c(C(=O)Nc3sc4c(c3C#N)CCCC4)cc2c1. The molecule has 0 aliphatic heterocycles. The van der Waals surface area contributed by atoms with E-state index in [0.29, 0.717) is 21.8 Å². The fourth-order valence-corrected chi connectivity index (χ4v) is 4.80. The molecule has 1 aliphatic carbocycles. The first-order chi connectivity index (χ1) is 12.6. The fraction of sp³-hybridized carbons (Fsp3) is 0.286. The number of nitriles is 1. The molecule has 4 rings (SSSR count). The lowest BCUT2D eigenvalue weighted by Gasteiger charge is -2.09. The first-order valence-corrected chi connectivity index (χ1v) is 9.62. The Morgan fingerprint density at radius 3 is 2.85 bits per heavy atom. The van der Waals surface area contributed by atoms with E-state index >= 15 is 0 Å². The lowest BCUT2D eigenvalue weighted by Crippen LogP contribution is -2.14. The van der Waals surface area contributed by atoms with Gasteiger partial charge in [0.05, 0.1) is 22.3 Å². The van der Waals surface area contributed by atoms with Gasteiger partial charge in [-0.2, -0.15) is 5.26 Å². The highest BCUT2D eigenvalue weighted by atomic mass is 32.1. The zero-order valence-corrected chi connectivity index (χ0v) is 15.7. The van der Waals surface area contributed by atoms with Crippen molar-refractivity contribution in [1.29, 1.82) is 5.26 Å². The highest BCUT2D eigenvalue weighted by Crippen LogP contribution is 2.37. The van der Waals surface area contributed by atoms with E-state index in [1.54, 1.807) is 11.3 Å². The normalized spacial score (nSPS) is 13.3. The molecular weight excluding hydrogens is 342 g/mol. The number of rotatable bonds is 2. The number of amides is 1. The molecule has 1 aliphatic rings. The molecule has 5 heteroatoms. The maximum absolute atomic E-state index is 12.9. The standard InChI is InChI=1S/C21H19N3OS/c1-12-7-8-18-14(9-12)10-16(13(2)23-18)20(25)24-21-17(11-22)15-5-3-4-6-19(15)26-21/h7-10H,3-6H2,1-2H3,(H,24,25). The Kier molecular flexibility index (Phi) is 4.21. The summed E-state index contributed by atoms with van der Waals surface area (Å²) in [6.45, 7) is 3.87. The van der Waals surface area contributed by atoms with Crippen LogP contribution in [0, 0.1) is 25.2 Å². The molecule has 0 radical (unpaired) electrons. The van der Waals surface area contributed by atoms with Gasteiger partial charge in [-0.3, -0.25) is 9.78 Å². The molecule has 1 aromatic carbocycles. The van der Waals surface area contributed by atoms with E-state index in [-0.39, 0.29) is 5.91 Å².